The smallest absolute Gasteiger partial charge is 0.323 e. The number of aromatic nitrogens is 2. The van der Waals surface area contributed by atoms with E-state index in [-0.39, 0.29) is 30.0 Å². The van der Waals surface area contributed by atoms with E-state index in [1.165, 1.54) is 27.4 Å². The number of rotatable bonds is 2. The highest BCUT2D eigenvalue weighted by atomic mass is 32.1. The van der Waals surface area contributed by atoms with Crippen LogP contribution < -0.4 is 10.1 Å². The molecule has 2 unspecified atom stereocenters. The fourth-order valence-electron chi connectivity index (χ4n) is 5.17. The Kier molecular flexibility index (Phi) is 4.17. The van der Waals surface area contributed by atoms with Gasteiger partial charge in [-0.1, -0.05) is 35.3 Å². The number of thiazole rings is 1. The van der Waals surface area contributed by atoms with E-state index in [0.29, 0.717) is 21.5 Å². The van der Waals surface area contributed by atoms with Crippen molar-refractivity contribution in [3.63, 3.8) is 0 Å². The summed E-state index contributed by atoms with van der Waals surface area (Å²) in [6.07, 6.45) is 5.05. The maximum atomic E-state index is 13.4. The van der Waals surface area contributed by atoms with Crippen LogP contribution in [0.2, 0.25) is 0 Å². The number of likely N-dealkylation sites (tertiary alicyclic amines) is 1. The molecule has 2 aliphatic carbocycles. The summed E-state index contributed by atoms with van der Waals surface area (Å²) in [7, 11) is 0. The number of carboxylic acid groups (broad SMARTS) is 1. The zero-order valence-electron chi connectivity index (χ0n) is 16.5. The number of carbonyl (C=O) groups is 2. The van der Waals surface area contributed by atoms with Gasteiger partial charge in [0.15, 0.2) is 4.96 Å². The molecule has 2 aromatic rings. The van der Waals surface area contributed by atoms with Crippen LogP contribution in [0.4, 0.5) is 0 Å². The minimum absolute atomic E-state index is 0.0636. The van der Waals surface area contributed by atoms with Crippen molar-refractivity contribution in [3.05, 3.63) is 37.4 Å². The van der Waals surface area contributed by atoms with Crippen LogP contribution in [-0.2, 0) is 22.4 Å². The van der Waals surface area contributed by atoms with Crippen molar-refractivity contribution < 1.29 is 14.7 Å². The van der Waals surface area contributed by atoms with Gasteiger partial charge in [-0.05, 0) is 26.7 Å². The van der Waals surface area contributed by atoms with Crippen LogP contribution in [-0.4, -0.2) is 43.9 Å². The van der Waals surface area contributed by atoms with Gasteiger partial charge in [0.1, 0.15) is 11.1 Å². The number of carboxylic acids is 1. The van der Waals surface area contributed by atoms with Gasteiger partial charge in [0.2, 0.25) is 0 Å². The van der Waals surface area contributed by atoms with Gasteiger partial charge < -0.3 is 10.0 Å². The molecule has 0 radical (unpaired) electrons. The predicted octanol–water partition coefficient (Wildman–Crippen LogP) is 1.55. The number of carbonyl (C=O) groups excluding carboxylic acids is 1. The summed E-state index contributed by atoms with van der Waals surface area (Å²) < 4.78 is 2.14. The van der Waals surface area contributed by atoms with Crippen LogP contribution in [0.3, 0.4) is 0 Å². The van der Waals surface area contributed by atoms with Gasteiger partial charge in [0.05, 0.1) is 11.4 Å². The van der Waals surface area contributed by atoms with Gasteiger partial charge in [-0.2, -0.15) is 0 Å². The highest BCUT2D eigenvalue weighted by Gasteiger charge is 2.46. The monoisotopic (exact) mass is 413 g/mol. The average molecular weight is 413 g/mol. The summed E-state index contributed by atoms with van der Waals surface area (Å²) in [5.41, 5.74) is 4.79. The summed E-state index contributed by atoms with van der Waals surface area (Å²) in [6, 6.07) is -0.113. The van der Waals surface area contributed by atoms with Gasteiger partial charge in [-0.15, -0.1) is 0 Å². The quantitative estimate of drug-likeness (QED) is 0.754. The Hall–Kier alpha value is -2.48. The number of aliphatic carboxylic acids is 1. The van der Waals surface area contributed by atoms with Crippen molar-refractivity contribution in [2.75, 3.05) is 6.54 Å². The molecule has 1 N–H and O–H groups in total. The molecule has 3 heterocycles. The van der Waals surface area contributed by atoms with E-state index < -0.39 is 5.97 Å². The van der Waals surface area contributed by atoms with E-state index in [9.17, 15) is 19.5 Å². The molecule has 152 valence electrons. The summed E-state index contributed by atoms with van der Waals surface area (Å²) in [4.78, 5) is 44.7. The Morgan fingerprint density at radius 2 is 1.90 bits per heavy atom. The Balaban J connectivity index is 1.70. The molecule has 3 aliphatic rings. The zero-order chi connectivity index (χ0) is 20.4. The first-order valence-corrected chi connectivity index (χ1v) is 10.9. The molecule has 5 rings (SSSR count). The lowest BCUT2D eigenvalue weighted by Crippen LogP contribution is -2.40. The van der Waals surface area contributed by atoms with Crippen LogP contribution in [0.1, 0.15) is 50.9 Å². The second-order valence-corrected chi connectivity index (χ2v) is 9.45. The molecule has 0 aromatic carbocycles. The summed E-state index contributed by atoms with van der Waals surface area (Å²) >= 11 is 1.29. The van der Waals surface area contributed by atoms with Crippen molar-refractivity contribution in [1.82, 2.24) is 14.3 Å². The Morgan fingerprint density at radius 3 is 2.66 bits per heavy atom. The lowest BCUT2D eigenvalue weighted by Gasteiger charge is -2.30. The topological polar surface area (TPSA) is 92.0 Å². The fraction of sp³-hybridized carbons (Fsp3) is 0.524. The lowest BCUT2D eigenvalue weighted by atomic mass is 9.83. The molecule has 0 spiro atoms. The molecule has 2 fully saturated rings. The minimum atomic E-state index is -1.01. The third kappa shape index (κ3) is 2.68. The maximum absolute atomic E-state index is 13.4. The maximum Gasteiger partial charge on any atom is 0.323 e. The molecule has 2 atom stereocenters. The number of fused-ring (bicyclic) bond motifs is 4. The van der Waals surface area contributed by atoms with Crippen LogP contribution >= 0.6 is 11.3 Å². The van der Waals surface area contributed by atoms with Crippen LogP contribution in [0, 0.1) is 5.92 Å². The van der Waals surface area contributed by atoms with E-state index >= 15 is 0 Å². The SMILES string of the molecule is CC1=C(C)Cc2c(nc3s/c(=C4\C(=O)N(CC(=O)O)C5CCCCC45)c(=O)n23)C1. The molecule has 7 nitrogen and oxygen atoms in total. The average Bonchev–Trinajstić information content (AvgIpc) is 3.26. The second-order valence-electron chi connectivity index (χ2n) is 8.47. The van der Waals surface area contributed by atoms with Gasteiger partial charge in [0.25, 0.3) is 11.5 Å². The van der Waals surface area contributed by atoms with E-state index in [4.69, 9.17) is 4.98 Å². The third-order valence-corrected chi connectivity index (χ3v) is 7.81. The van der Waals surface area contributed by atoms with Crippen molar-refractivity contribution >= 4 is 33.7 Å². The van der Waals surface area contributed by atoms with Gasteiger partial charge in [-0.3, -0.25) is 18.8 Å². The van der Waals surface area contributed by atoms with Crippen LogP contribution in [0.25, 0.3) is 10.5 Å². The fourth-order valence-corrected chi connectivity index (χ4v) is 6.32. The van der Waals surface area contributed by atoms with Crippen LogP contribution in [0.5, 0.6) is 0 Å². The largest absolute Gasteiger partial charge is 0.480 e. The molecular weight excluding hydrogens is 390 g/mol. The highest BCUT2D eigenvalue weighted by Crippen LogP contribution is 2.40. The Morgan fingerprint density at radius 1 is 1.17 bits per heavy atom. The molecular formula is C21H23N3O4S. The lowest BCUT2D eigenvalue weighted by molar-refractivity contribution is -0.143. The first-order chi connectivity index (χ1) is 13.9. The summed E-state index contributed by atoms with van der Waals surface area (Å²) in [6.45, 7) is 3.88. The van der Waals surface area contributed by atoms with Gasteiger partial charge in [-0.25, -0.2) is 4.98 Å². The number of hydrogen-bond acceptors (Lipinski definition) is 5. The van der Waals surface area contributed by atoms with Crippen molar-refractivity contribution in [2.45, 2.75) is 58.4 Å². The highest BCUT2D eigenvalue weighted by molar-refractivity contribution is 7.15. The predicted molar refractivity (Wildman–Crippen MR) is 109 cm³/mol. The Bertz CT molecular complexity index is 1200. The number of imidazole rings is 1. The van der Waals surface area contributed by atoms with Crippen molar-refractivity contribution in [1.29, 1.82) is 0 Å². The van der Waals surface area contributed by atoms with Crippen LogP contribution in [0.15, 0.2) is 15.9 Å². The molecule has 1 aliphatic heterocycles. The van der Waals surface area contributed by atoms with E-state index in [1.807, 2.05) is 0 Å². The van der Waals surface area contributed by atoms with Crippen molar-refractivity contribution in [2.24, 2.45) is 5.92 Å². The molecule has 8 heteroatoms. The summed E-state index contributed by atoms with van der Waals surface area (Å²) in [5, 5.41) is 9.27. The third-order valence-electron chi connectivity index (χ3n) is 6.75. The van der Waals surface area contributed by atoms with E-state index in [2.05, 4.69) is 13.8 Å². The van der Waals surface area contributed by atoms with E-state index in [1.54, 1.807) is 4.40 Å². The minimum Gasteiger partial charge on any atom is -0.480 e. The normalized spacial score (nSPS) is 26.3. The number of amides is 1. The van der Waals surface area contributed by atoms with Crippen molar-refractivity contribution in [3.8, 4) is 0 Å². The molecule has 1 saturated heterocycles. The van der Waals surface area contributed by atoms with E-state index in [0.717, 1.165) is 43.5 Å². The first kappa shape index (κ1) is 18.5. The number of allylic oxidation sites excluding steroid dienone is 2. The Labute approximate surface area is 171 Å². The van der Waals surface area contributed by atoms with Gasteiger partial charge >= 0.3 is 5.97 Å². The first-order valence-electron chi connectivity index (χ1n) is 10.1. The molecule has 29 heavy (non-hydrogen) atoms. The molecule has 0 bridgehead atoms. The van der Waals surface area contributed by atoms with Gasteiger partial charge in [0, 0.05) is 30.4 Å². The molecule has 2 aromatic heterocycles. The standard InChI is InChI=1S/C21H23N3O4S/c1-10-7-13-15(8-11(10)2)24-20(28)18(29-21(24)22-13)17-12-5-3-4-6-14(12)23(19(17)27)9-16(25)26/h12,14H,3-9H2,1-2H3,(H,25,26)/b18-17-. The second kappa shape index (κ2) is 6.52. The number of hydrogen-bond donors (Lipinski definition) is 1. The molecule has 1 amide bonds. The number of nitrogens with zero attached hydrogens (tertiary/aromatic N) is 3. The molecule has 1 saturated carbocycles. The summed E-state index contributed by atoms with van der Waals surface area (Å²) in [5.74, 6) is -1.36. The zero-order valence-corrected chi connectivity index (χ0v) is 17.3.